The number of hydrogen-bond acceptors (Lipinski definition) is 6. The predicted molar refractivity (Wildman–Crippen MR) is 289 cm³/mol. The van der Waals surface area contributed by atoms with E-state index in [1.54, 1.807) is 0 Å². The molecule has 388 valence electrons. The van der Waals surface area contributed by atoms with Crippen molar-refractivity contribution in [3.8, 4) is 0 Å². The quantitative estimate of drug-likeness (QED) is 0.0747. The van der Waals surface area contributed by atoms with E-state index in [0.29, 0.717) is 10.8 Å². The van der Waals surface area contributed by atoms with E-state index in [-0.39, 0.29) is 69.3 Å². The van der Waals surface area contributed by atoms with Crippen LogP contribution in [0.2, 0.25) is 0 Å². The largest absolute Gasteiger partial charge is 0.511 e. The van der Waals surface area contributed by atoms with Crippen LogP contribution in [0.3, 0.4) is 0 Å². The minimum atomic E-state index is -0.758. The van der Waals surface area contributed by atoms with Crippen molar-refractivity contribution in [2.24, 2.45) is 92.7 Å². The van der Waals surface area contributed by atoms with Crippen molar-refractivity contribution in [3.05, 3.63) is 23.3 Å². The molecule has 8 aliphatic rings. The number of carbonyl (C=O) groups is 2. The highest BCUT2D eigenvalue weighted by Gasteiger charge is 2.61. The van der Waals surface area contributed by atoms with Gasteiger partial charge >= 0.3 is 12.3 Å². The van der Waals surface area contributed by atoms with Crippen molar-refractivity contribution < 1.29 is 28.5 Å². The molecule has 7 heteroatoms. The Hall–Kier alpha value is -1.25. The van der Waals surface area contributed by atoms with Gasteiger partial charge in [-0.3, -0.25) is 0 Å². The summed E-state index contributed by atoms with van der Waals surface area (Å²) in [7, 11) is 0. The maximum absolute atomic E-state index is 12.9. The van der Waals surface area contributed by atoms with Gasteiger partial charge in [-0.15, -0.1) is 24.0 Å². The topological polar surface area (TPSA) is 71.1 Å². The van der Waals surface area contributed by atoms with Gasteiger partial charge in [0, 0.05) is 12.8 Å². The SMILES string of the molecule is C.C.C.CC(C)CCCC(C)C1CCC2C3CC=C4CC(OC(=O)OCOC(=O)OC5CCC6(C)C(=CCC7C6CCC6(C)C(C(C)CCCC(C)C)CCC76)C5)CCC4(C)C3CCC12C.I. The van der Waals surface area contributed by atoms with Crippen LogP contribution < -0.4 is 0 Å². The van der Waals surface area contributed by atoms with Crippen molar-refractivity contribution in [3.63, 3.8) is 0 Å². The third-order valence-electron chi connectivity index (χ3n) is 21.4. The third kappa shape index (κ3) is 11.5. The summed E-state index contributed by atoms with van der Waals surface area (Å²) >= 11 is 0. The van der Waals surface area contributed by atoms with Gasteiger partial charge in [0.15, 0.2) is 0 Å². The van der Waals surface area contributed by atoms with Gasteiger partial charge in [0.2, 0.25) is 6.79 Å². The Labute approximate surface area is 430 Å². The van der Waals surface area contributed by atoms with E-state index in [4.69, 9.17) is 18.9 Å². The van der Waals surface area contributed by atoms with Gasteiger partial charge in [0.25, 0.3) is 0 Å². The Kier molecular flexibility index (Phi) is 20.5. The second-order valence-electron chi connectivity index (χ2n) is 25.5. The van der Waals surface area contributed by atoms with Crippen molar-refractivity contribution in [2.75, 3.05) is 6.79 Å². The number of fused-ring (bicyclic) bond motifs is 10. The molecule has 0 bridgehead atoms. The lowest BCUT2D eigenvalue weighted by atomic mass is 9.47. The Bertz CT molecular complexity index is 1570. The van der Waals surface area contributed by atoms with Crippen LogP contribution >= 0.6 is 24.0 Å². The fraction of sp³-hybridized carbons (Fsp3) is 0.900. The maximum Gasteiger partial charge on any atom is 0.511 e. The smallest absolute Gasteiger partial charge is 0.431 e. The summed E-state index contributed by atoms with van der Waals surface area (Å²) in [6.45, 7) is 24.5. The van der Waals surface area contributed by atoms with Gasteiger partial charge in [-0.1, -0.05) is 153 Å². The standard InChI is InChI=1S/C57H92O6.3CH4.HI/c1-36(2)13-11-15-38(5)46-21-23-48-44-19-17-40-33-42(25-29-54(40,7)50(44)27-31-56(46,48)9)62-52(58)60-35-61-53(59)63-43-26-30-55(8)41(34-43)18-20-45-49-24-22-47(39(6)16-12-14-37(3)4)57(49,10)32-28-51(45)55;;;;/h17-18,36-39,42-51H,11-16,19-35H2,1-10H3;3*1H4;1H. The normalized spacial score (nSPS) is 40.1. The molecule has 16 atom stereocenters. The van der Waals surface area contributed by atoms with E-state index in [0.717, 1.165) is 110 Å². The molecule has 0 aromatic rings. The molecule has 0 aliphatic heterocycles. The zero-order valence-electron chi connectivity index (χ0n) is 42.4. The van der Waals surface area contributed by atoms with Crippen LogP contribution in [0.5, 0.6) is 0 Å². The van der Waals surface area contributed by atoms with E-state index in [9.17, 15) is 9.59 Å². The van der Waals surface area contributed by atoms with Crippen LogP contribution in [0.4, 0.5) is 9.59 Å². The van der Waals surface area contributed by atoms with E-state index in [2.05, 4.69) is 81.4 Å². The molecule has 8 aliphatic carbocycles. The van der Waals surface area contributed by atoms with Crippen LogP contribution in [0.15, 0.2) is 23.3 Å². The summed E-state index contributed by atoms with van der Waals surface area (Å²) < 4.78 is 22.4. The molecule has 6 fully saturated rings. The highest BCUT2D eigenvalue weighted by Crippen LogP contribution is 2.69. The molecule has 67 heavy (non-hydrogen) atoms. The minimum Gasteiger partial charge on any atom is -0.431 e. The first-order chi connectivity index (χ1) is 30.0. The molecule has 0 saturated heterocycles. The van der Waals surface area contributed by atoms with Crippen LogP contribution in [0.1, 0.15) is 233 Å². The maximum atomic E-state index is 12.9. The van der Waals surface area contributed by atoms with Crippen molar-refractivity contribution in [1.82, 2.24) is 0 Å². The summed E-state index contributed by atoms with van der Waals surface area (Å²) in [6.07, 6.45) is 30.2. The molecule has 8 rings (SSSR count). The Morgan fingerprint density at radius 3 is 1.30 bits per heavy atom. The fourth-order valence-electron chi connectivity index (χ4n) is 18.0. The molecule has 0 spiro atoms. The minimum absolute atomic E-state index is 0. The average Bonchev–Trinajstić information content (AvgIpc) is 3.77. The number of allylic oxidation sites excluding steroid dienone is 2. The van der Waals surface area contributed by atoms with Crippen molar-refractivity contribution in [1.29, 1.82) is 0 Å². The average molecular weight is 1050 g/mol. The van der Waals surface area contributed by atoms with Crippen LogP contribution in [0, 0.1) is 92.7 Å². The number of halogens is 1. The lowest BCUT2D eigenvalue weighted by Gasteiger charge is -2.58. The van der Waals surface area contributed by atoms with Gasteiger partial charge in [0.1, 0.15) is 12.2 Å². The molecular weight excluding hydrogens is 944 g/mol. The summed E-state index contributed by atoms with van der Waals surface area (Å²) in [4.78, 5) is 25.8. The third-order valence-corrected chi connectivity index (χ3v) is 21.4. The van der Waals surface area contributed by atoms with Crippen molar-refractivity contribution in [2.45, 2.75) is 245 Å². The van der Waals surface area contributed by atoms with Gasteiger partial charge in [-0.25, -0.2) is 9.59 Å². The molecule has 0 aromatic heterocycles. The Morgan fingerprint density at radius 2 is 0.925 bits per heavy atom. The molecule has 6 nitrogen and oxygen atoms in total. The first-order valence-corrected chi connectivity index (χ1v) is 27.0. The molecular formula is C60H105IO6. The van der Waals surface area contributed by atoms with E-state index in [1.165, 1.54) is 114 Å². The number of carbonyl (C=O) groups excluding carboxylic acids is 2. The number of ether oxygens (including phenoxy) is 4. The first-order valence-electron chi connectivity index (χ1n) is 27.0. The summed E-state index contributed by atoms with van der Waals surface area (Å²) in [5, 5.41) is 0. The van der Waals surface area contributed by atoms with Gasteiger partial charge in [0.05, 0.1) is 0 Å². The zero-order valence-corrected chi connectivity index (χ0v) is 44.7. The van der Waals surface area contributed by atoms with Gasteiger partial charge < -0.3 is 18.9 Å². The molecule has 0 aromatic carbocycles. The second kappa shape index (κ2) is 23.5. The Balaban J connectivity index is 0.00000245. The van der Waals surface area contributed by atoms with Gasteiger partial charge in [-0.2, -0.15) is 0 Å². The van der Waals surface area contributed by atoms with Crippen molar-refractivity contribution >= 4 is 36.3 Å². The summed E-state index contributed by atoms with van der Waals surface area (Å²) in [5.41, 5.74) is 4.33. The molecule has 0 heterocycles. The van der Waals surface area contributed by atoms with E-state index < -0.39 is 19.1 Å². The van der Waals surface area contributed by atoms with Crippen LogP contribution in [0.25, 0.3) is 0 Å². The molecule has 0 radical (unpaired) electrons. The lowest BCUT2D eigenvalue weighted by molar-refractivity contribution is -0.0789. The second-order valence-corrected chi connectivity index (χ2v) is 25.5. The Morgan fingerprint density at radius 1 is 0.537 bits per heavy atom. The molecule has 6 saturated carbocycles. The van der Waals surface area contributed by atoms with Gasteiger partial charge in [-0.05, 0) is 183 Å². The number of hydrogen-bond donors (Lipinski definition) is 0. The van der Waals surface area contributed by atoms with E-state index >= 15 is 0 Å². The summed E-state index contributed by atoms with van der Waals surface area (Å²) in [5.74, 6) is 9.68. The highest BCUT2D eigenvalue weighted by atomic mass is 127. The summed E-state index contributed by atoms with van der Waals surface area (Å²) in [6, 6.07) is 0. The molecule has 0 amide bonds. The van der Waals surface area contributed by atoms with Crippen LogP contribution in [-0.2, 0) is 18.9 Å². The lowest BCUT2D eigenvalue weighted by Crippen LogP contribution is -2.51. The highest BCUT2D eigenvalue weighted by molar-refractivity contribution is 14.0. The molecule has 16 unspecified atom stereocenters. The first kappa shape index (κ1) is 58.3. The van der Waals surface area contributed by atoms with Crippen LogP contribution in [-0.4, -0.2) is 31.3 Å². The molecule has 0 N–H and O–H groups in total. The monoisotopic (exact) mass is 1050 g/mol. The zero-order chi connectivity index (χ0) is 44.9. The fourth-order valence-corrected chi connectivity index (χ4v) is 18.0. The predicted octanol–water partition coefficient (Wildman–Crippen LogP) is 18.6. The van der Waals surface area contributed by atoms with E-state index in [1.807, 2.05) is 0 Å². The number of rotatable bonds is 14.